The Hall–Kier alpha value is -0.120. The van der Waals surface area contributed by atoms with E-state index in [0.717, 1.165) is 19.1 Å². The van der Waals surface area contributed by atoms with Crippen molar-refractivity contribution in [3.05, 3.63) is 0 Å². The molecule has 1 aliphatic rings. The lowest BCUT2D eigenvalue weighted by Crippen LogP contribution is -2.46. The third-order valence-corrected chi connectivity index (χ3v) is 4.29. The summed E-state index contributed by atoms with van der Waals surface area (Å²) < 4.78 is 5.41. The lowest BCUT2D eigenvalue weighted by molar-refractivity contribution is 0.0791. The van der Waals surface area contributed by atoms with Crippen LogP contribution >= 0.6 is 0 Å². The molecule has 1 heterocycles. The zero-order valence-corrected chi connectivity index (χ0v) is 12.7. The number of hydrogen-bond acceptors (Lipinski definition) is 3. The minimum absolute atomic E-state index is 0.603. The van der Waals surface area contributed by atoms with Crippen LogP contribution in [-0.4, -0.2) is 50.3 Å². The van der Waals surface area contributed by atoms with E-state index in [4.69, 9.17) is 4.74 Å². The molecule has 0 aliphatic carbocycles. The Labute approximate surface area is 113 Å². The first-order valence-electron chi connectivity index (χ1n) is 7.69. The number of nitrogens with one attached hydrogen (secondary N) is 1. The molecule has 1 saturated heterocycles. The lowest BCUT2D eigenvalue weighted by Gasteiger charge is -2.33. The van der Waals surface area contributed by atoms with Crippen LogP contribution in [0.25, 0.3) is 0 Å². The lowest BCUT2D eigenvalue weighted by atomic mass is 9.98. The molecule has 0 bridgehead atoms. The highest BCUT2D eigenvalue weighted by Gasteiger charge is 2.25. The fraction of sp³-hybridized carbons (Fsp3) is 1.00. The second-order valence-electron chi connectivity index (χ2n) is 5.69. The molecule has 0 aromatic heterocycles. The van der Waals surface area contributed by atoms with Gasteiger partial charge in [-0.15, -0.1) is 0 Å². The minimum Gasteiger partial charge on any atom is -0.383 e. The van der Waals surface area contributed by atoms with Crippen LogP contribution in [0.15, 0.2) is 0 Å². The van der Waals surface area contributed by atoms with Crippen LogP contribution in [0, 0.1) is 5.92 Å². The van der Waals surface area contributed by atoms with Gasteiger partial charge in [-0.05, 0) is 31.8 Å². The zero-order chi connectivity index (χ0) is 13.4. The average molecular weight is 256 g/mol. The molecule has 108 valence electrons. The standard InChI is InChI=1S/C15H32N2O/c1-5-8-14(12-18-4)17-10-7-9-16-15(11-17)13(3)6-2/h13-16H,5-12H2,1-4H3. The van der Waals surface area contributed by atoms with Gasteiger partial charge in [0, 0.05) is 25.7 Å². The molecule has 3 unspecified atom stereocenters. The highest BCUT2D eigenvalue weighted by atomic mass is 16.5. The Morgan fingerprint density at radius 1 is 1.39 bits per heavy atom. The molecular weight excluding hydrogens is 224 g/mol. The first kappa shape index (κ1) is 15.9. The van der Waals surface area contributed by atoms with Crippen LogP contribution in [0.1, 0.15) is 46.5 Å². The van der Waals surface area contributed by atoms with Crippen molar-refractivity contribution in [2.75, 3.05) is 33.4 Å². The quantitative estimate of drug-likeness (QED) is 0.757. The molecule has 3 nitrogen and oxygen atoms in total. The van der Waals surface area contributed by atoms with E-state index in [0.29, 0.717) is 12.1 Å². The van der Waals surface area contributed by atoms with Crippen molar-refractivity contribution in [2.45, 2.75) is 58.5 Å². The summed E-state index contributed by atoms with van der Waals surface area (Å²) in [5.74, 6) is 0.760. The summed E-state index contributed by atoms with van der Waals surface area (Å²) in [7, 11) is 1.82. The third kappa shape index (κ3) is 4.87. The van der Waals surface area contributed by atoms with E-state index < -0.39 is 0 Å². The van der Waals surface area contributed by atoms with Crippen LogP contribution < -0.4 is 5.32 Å². The molecular formula is C15H32N2O. The van der Waals surface area contributed by atoms with Crippen LogP contribution in [0.3, 0.4) is 0 Å². The largest absolute Gasteiger partial charge is 0.383 e. The highest BCUT2D eigenvalue weighted by molar-refractivity contribution is 4.83. The van der Waals surface area contributed by atoms with Crippen LogP contribution in [0.2, 0.25) is 0 Å². The molecule has 1 N–H and O–H groups in total. The maximum Gasteiger partial charge on any atom is 0.0618 e. The van der Waals surface area contributed by atoms with E-state index >= 15 is 0 Å². The average Bonchev–Trinajstić information content (AvgIpc) is 2.63. The summed E-state index contributed by atoms with van der Waals surface area (Å²) >= 11 is 0. The van der Waals surface area contributed by atoms with Crippen molar-refractivity contribution >= 4 is 0 Å². The number of hydrogen-bond donors (Lipinski definition) is 1. The SMILES string of the molecule is CCCC(COC)N1CCCNC(C(C)CC)C1. The second kappa shape index (κ2) is 8.89. The summed E-state index contributed by atoms with van der Waals surface area (Å²) in [4.78, 5) is 2.66. The minimum atomic E-state index is 0.603. The van der Waals surface area contributed by atoms with Gasteiger partial charge in [0.25, 0.3) is 0 Å². The van der Waals surface area contributed by atoms with Gasteiger partial charge in [0.2, 0.25) is 0 Å². The van der Waals surface area contributed by atoms with E-state index in [9.17, 15) is 0 Å². The van der Waals surface area contributed by atoms with Crippen LogP contribution in [0.4, 0.5) is 0 Å². The summed E-state index contributed by atoms with van der Waals surface area (Å²) in [5, 5.41) is 3.72. The smallest absolute Gasteiger partial charge is 0.0618 e. The van der Waals surface area contributed by atoms with Crippen molar-refractivity contribution in [3.8, 4) is 0 Å². The van der Waals surface area contributed by atoms with Gasteiger partial charge in [0.15, 0.2) is 0 Å². The molecule has 0 aromatic carbocycles. The number of nitrogens with zero attached hydrogens (tertiary/aromatic N) is 1. The van der Waals surface area contributed by atoms with Gasteiger partial charge in [-0.3, -0.25) is 4.90 Å². The molecule has 0 spiro atoms. The highest BCUT2D eigenvalue weighted by Crippen LogP contribution is 2.16. The predicted octanol–water partition coefficient (Wildman–Crippen LogP) is 2.51. The molecule has 1 rings (SSSR count). The first-order valence-corrected chi connectivity index (χ1v) is 7.69. The summed E-state index contributed by atoms with van der Waals surface area (Å²) in [6, 6.07) is 1.25. The molecule has 3 heteroatoms. The Balaban J connectivity index is 2.60. The first-order chi connectivity index (χ1) is 8.72. The number of ether oxygens (including phenoxy) is 1. The van der Waals surface area contributed by atoms with Crippen molar-refractivity contribution in [3.63, 3.8) is 0 Å². The molecule has 0 amide bonds. The van der Waals surface area contributed by atoms with Gasteiger partial charge in [-0.1, -0.05) is 33.6 Å². The van der Waals surface area contributed by atoms with E-state index in [1.165, 1.54) is 38.8 Å². The van der Waals surface area contributed by atoms with Crippen LogP contribution in [0.5, 0.6) is 0 Å². The fourth-order valence-electron chi connectivity index (χ4n) is 2.87. The van der Waals surface area contributed by atoms with Crippen LogP contribution in [-0.2, 0) is 4.74 Å². The van der Waals surface area contributed by atoms with E-state index in [1.54, 1.807) is 0 Å². The zero-order valence-electron chi connectivity index (χ0n) is 12.7. The van der Waals surface area contributed by atoms with Crippen molar-refractivity contribution in [2.24, 2.45) is 5.92 Å². The molecule has 1 fully saturated rings. The van der Waals surface area contributed by atoms with Gasteiger partial charge < -0.3 is 10.1 Å². The van der Waals surface area contributed by atoms with Gasteiger partial charge in [0.1, 0.15) is 0 Å². The maximum atomic E-state index is 5.41. The second-order valence-corrected chi connectivity index (χ2v) is 5.69. The van der Waals surface area contributed by atoms with Gasteiger partial charge in [0.05, 0.1) is 6.61 Å². The van der Waals surface area contributed by atoms with Crippen molar-refractivity contribution in [1.29, 1.82) is 0 Å². The molecule has 18 heavy (non-hydrogen) atoms. The third-order valence-electron chi connectivity index (χ3n) is 4.29. The normalized spacial score (nSPS) is 25.7. The molecule has 0 radical (unpaired) electrons. The summed E-state index contributed by atoms with van der Waals surface area (Å²) in [6.45, 7) is 11.4. The molecule has 0 saturated carbocycles. The fourth-order valence-corrected chi connectivity index (χ4v) is 2.87. The van der Waals surface area contributed by atoms with Gasteiger partial charge >= 0.3 is 0 Å². The van der Waals surface area contributed by atoms with Gasteiger partial charge in [-0.2, -0.15) is 0 Å². The Morgan fingerprint density at radius 2 is 2.17 bits per heavy atom. The summed E-state index contributed by atoms with van der Waals surface area (Å²) in [6.07, 6.45) is 5.01. The van der Waals surface area contributed by atoms with E-state index in [1.807, 2.05) is 7.11 Å². The monoisotopic (exact) mass is 256 g/mol. The number of methoxy groups -OCH3 is 1. The molecule has 0 aromatic rings. The van der Waals surface area contributed by atoms with E-state index in [-0.39, 0.29) is 0 Å². The Bertz CT molecular complexity index is 205. The predicted molar refractivity (Wildman–Crippen MR) is 78.0 cm³/mol. The van der Waals surface area contributed by atoms with Gasteiger partial charge in [-0.25, -0.2) is 0 Å². The Morgan fingerprint density at radius 3 is 2.78 bits per heavy atom. The van der Waals surface area contributed by atoms with Crippen molar-refractivity contribution in [1.82, 2.24) is 10.2 Å². The Kier molecular flexibility index (Phi) is 7.87. The molecule has 3 atom stereocenters. The van der Waals surface area contributed by atoms with Crippen molar-refractivity contribution < 1.29 is 4.74 Å². The molecule has 1 aliphatic heterocycles. The van der Waals surface area contributed by atoms with E-state index in [2.05, 4.69) is 31.0 Å². The topological polar surface area (TPSA) is 24.5 Å². The maximum absolute atomic E-state index is 5.41. The summed E-state index contributed by atoms with van der Waals surface area (Å²) in [5.41, 5.74) is 0. The number of rotatable bonds is 7.